The van der Waals surface area contributed by atoms with Crippen LogP contribution in [0.2, 0.25) is 0 Å². The molecule has 13 rings (SSSR count). The number of esters is 1. The molecular weight excluding hydrogens is 1730 g/mol. The number of nitrogens with zero attached hydrogens (tertiary/aromatic N) is 13. The lowest BCUT2D eigenvalue weighted by Gasteiger charge is -2.42. The minimum Gasteiger partial charge on any atom is -0.459 e. The summed E-state index contributed by atoms with van der Waals surface area (Å²) in [6.45, 7) is 18.4. The predicted molar refractivity (Wildman–Crippen MR) is 495 cm³/mol. The lowest BCUT2D eigenvalue weighted by Crippen LogP contribution is -2.61. The van der Waals surface area contributed by atoms with Gasteiger partial charge in [0.25, 0.3) is 17.7 Å². The number of alkyl carbamates (subject to hydrolysis) is 1. The van der Waals surface area contributed by atoms with Crippen LogP contribution in [0.1, 0.15) is 154 Å². The summed E-state index contributed by atoms with van der Waals surface area (Å²) in [5, 5.41) is 45.8. The standard InChI is InChI=1S/C96H132N18O20/c1-58-14-10-9-11-15-59(2)77(127-7)50-70-22-17-63(6)96(126,134-70)87(121)90(122)113-29-13-12-16-73(113)91(123)131-78(51-74(115)60(3)45-62(5)85(119)86(120)84(118)61(4)44-58)71(97)47-64-19-23-76(79(48-64)128-8)133-94(124)100-28-42-129-40-26-80(116)101-52-66-53-102-93(103-54-66)110-37-35-109(36-38-110)81(117)27-41-130-43-39-108-31-33-111(34-32-108)95(125)112-30-25-67-46-65(18-20-69(67)56-112)55-114-89-82(88(98)104-57-105-89)83(107-114)68-21-24-75-72(49-68)106-92(99)132-75/h9-11,14-15,18,20-21,24,45-46,49,53-54,57-58,60-61,63-64,70-71,73,76-79,85-86,119-120,126H,12-13,16-17,19,22-23,25-44,47-48,50-52,55-56,97H2,1-8H3,(H2,99,106)(H,100,124)(H,101,116)(H2,98,104,105)/b11-9+,14-10+,59-15+,62-45+/t58-,60-,61-,63-,64+,70+,71-,73+,76-,77+,78+,79-,85-,86+,96-/m1/s1. The first-order valence-corrected chi connectivity index (χ1v) is 47.0. The number of methoxy groups -OCH3 is 2. The number of carbonyl (C=O) groups excluding carboxylic acids is 9. The number of carbonyl (C=O) groups is 9. The van der Waals surface area contributed by atoms with E-state index < -0.39 is 120 Å². The molecule has 1 saturated carbocycles. The van der Waals surface area contributed by atoms with Gasteiger partial charge in [0.2, 0.25) is 23.5 Å². The van der Waals surface area contributed by atoms with Gasteiger partial charge in [0.1, 0.15) is 59.6 Å². The third-order valence-electron chi connectivity index (χ3n) is 27.1. The lowest BCUT2D eigenvalue weighted by molar-refractivity contribution is -0.265. The first kappa shape index (κ1) is 100. The topological polar surface area (TPSA) is 496 Å². The Bertz CT molecular complexity index is 5220. The number of hydrogen-bond donors (Lipinski definition) is 8. The molecule has 2 bridgehead atoms. The van der Waals surface area contributed by atoms with Crippen LogP contribution in [0.25, 0.3) is 33.4 Å². The summed E-state index contributed by atoms with van der Waals surface area (Å²) >= 11 is 0. The molecule has 134 heavy (non-hydrogen) atoms. The maximum Gasteiger partial charge on any atom is 0.407 e. The third kappa shape index (κ3) is 25.7. The number of aromatic nitrogens is 7. The largest absolute Gasteiger partial charge is 0.459 e. The quantitative estimate of drug-likeness (QED) is 0.0139. The molecule has 15 atom stereocenters. The average Bonchev–Trinajstić information content (AvgIpc) is 1.57. The lowest BCUT2D eigenvalue weighted by atomic mass is 9.80. The molecule has 6 aromatic rings. The number of urea groups is 1. The Hall–Kier alpha value is -11.1. The second kappa shape index (κ2) is 46.9. The van der Waals surface area contributed by atoms with Crippen LogP contribution in [0, 0.1) is 29.6 Å². The van der Waals surface area contributed by atoms with Gasteiger partial charge in [-0.1, -0.05) is 82.4 Å². The zero-order chi connectivity index (χ0) is 95.4. The SMILES string of the molecule is CO[C@H]1C[C@@H]2CC[C@@H](C)[C@@](O)(O2)C(=O)C(=O)N2CCCC[C@H]2C(=O)O[C@H]([C@H](N)C[C@@H]2CC[C@@H](OC(=O)NCCOCCC(=O)NCc3cnc(N4CCN(C(=O)CCOCCN5CCN(C(=O)N6CCc7cc(Cn8nc(-c9ccc%10oc(N)nc%10c9)c9c(N)ncnc98)ccc7C6)CC5)CC4)nc3)[C@H](OC)C2)CC(=O)[C@H](C)/C=C(\C)[C@@H](O)[C@@H](O)C(=O)[C@H](C)C[C@H](C)/C=C/C=C/C=C/1C. The molecule has 11 N–H and O–H groups in total. The van der Waals surface area contributed by atoms with Gasteiger partial charge < -0.3 is 105 Å². The molecule has 38 heteroatoms. The molecule has 38 nitrogen and oxygen atoms in total. The Labute approximate surface area is 780 Å². The van der Waals surface area contributed by atoms with Gasteiger partial charge in [0.15, 0.2) is 17.0 Å². The average molecular weight is 1860 g/mol. The molecule has 4 saturated heterocycles. The van der Waals surface area contributed by atoms with Crippen LogP contribution in [0.5, 0.6) is 0 Å². The van der Waals surface area contributed by atoms with E-state index in [1.807, 2.05) is 80.6 Å². The van der Waals surface area contributed by atoms with Gasteiger partial charge in [-0.25, -0.2) is 39.0 Å². The van der Waals surface area contributed by atoms with Gasteiger partial charge >= 0.3 is 18.1 Å². The van der Waals surface area contributed by atoms with Crippen LogP contribution in [0.15, 0.2) is 107 Å². The number of cyclic esters (lactones) is 1. The number of amides is 6. The Kier molecular flexibility index (Phi) is 35.2. The highest BCUT2D eigenvalue weighted by Crippen LogP contribution is 2.40. The van der Waals surface area contributed by atoms with Crippen LogP contribution in [-0.4, -0.2) is 307 Å². The number of aliphatic hydroxyl groups is 3. The van der Waals surface area contributed by atoms with Crippen molar-refractivity contribution < 1.29 is 96.0 Å². The Morgan fingerprint density at radius 1 is 0.724 bits per heavy atom. The predicted octanol–water partition coefficient (Wildman–Crippen LogP) is 6.48. The van der Waals surface area contributed by atoms with E-state index in [9.17, 15) is 58.5 Å². The van der Waals surface area contributed by atoms with Gasteiger partial charge in [-0.05, 0) is 142 Å². The van der Waals surface area contributed by atoms with E-state index >= 15 is 0 Å². The number of piperidine rings is 1. The summed E-state index contributed by atoms with van der Waals surface area (Å²) in [7, 11) is 3.04. The van der Waals surface area contributed by atoms with Crippen molar-refractivity contribution in [2.24, 2.45) is 35.3 Å². The smallest absolute Gasteiger partial charge is 0.407 e. The van der Waals surface area contributed by atoms with Gasteiger partial charge in [-0.2, -0.15) is 10.1 Å². The Morgan fingerprint density at radius 3 is 2.25 bits per heavy atom. The minimum absolute atomic E-state index is 0.0138. The summed E-state index contributed by atoms with van der Waals surface area (Å²) in [5.41, 5.74) is 27.5. The highest BCUT2D eigenvalue weighted by Gasteiger charge is 2.53. The van der Waals surface area contributed by atoms with Crippen LogP contribution >= 0.6 is 0 Å². The number of aliphatic hydroxyl groups excluding tert-OH is 2. The maximum absolute atomic E-state index is 14.7. The molecule has 0 spiro atoms. The fourth-order valence-corrected chi connectivity index (χ4v) is 19.0. The molecule has 6 aliphatic heterocycles. The number of allylic oxidation sites excluding steroid dienone is 6. The number of benzene rings is 2. The van der Waals surface area contributed by atoms with E-state index in [0.717, 1.165) is 46.7 Å². The van der Waals surface area contributed by atoms with Crippen molar-refractivity contribution in [3.63, 3.8) is 0 Å². The monoisotopic (exact) mass is 1860 g/mol. The number of hydrogen-bond acceptors (Lipinski definition) is 31. The molecule has 6 amide bonds. The maximum atomic E-state index is 14.7. The van der Waals surface area contributed by atoms with Crippen LogP contribution in [-0.2, 0) is 92.8 Å². The number of ketones is 3. The second-order valence-corrected chi connectivity index (χ2v) is 36.7. The Balaban J connectivity index is 0.492. The first-order chi connectivity index (χ1) is 64.4. The number of anilines is 3. The van der Waals surface area contributed by atoms with Crippen molar-refractivity contribution >= 4 is 93.1 Å². The van der Waals surface area contributed by atoms with Gasteiger partial charge in [0, 0.05) is 172 Å². The zero-order valence-corrected chi connectivity index (χ0v) is 78.1. The minimum atomic E-state index is -2.52. The molecule has 0 radical (unpaired) electrons. The van der Waals surface area contributed by atoms with Crippen LogP contribution in [0.4, 0.5) is 27.4 Å². The second-order valence-electron chi connectivity index (χ2n) is 36.7. The molecule has 0 unspecified atom stereocenters. The molecule has 2 aromatic carbocycles. The molecule has 4 aromatic heterocycles. The zero-order valence-electron chi connectivity index (χ0n) is 78.1. The van der Waals surface area contributed by atoms with Crippen molar-refractivity contribution in [2.45, 2.75) is 218 Å². The number of fused-ring (bicyclic) bond motifs is 6. The number of nitrogen functional groups attached to an aromatic ring is 2. The van der Waals surface area contributed by atoms with Crippen LogP contribution < -0.4 is 32.7 Å². The summed E-state index contributed by atoms with van der Waals surface area (Å²) < 4.78 is 49.0. The van der Waals surface area contributed by atoms with Gasteiger partial charge in [-0.15, -0.1) is 0 Å². The number of nitrogens with one attached hydrogen (secondary N) is 2. The molecule has 1 aliphatic carbocycles. The van der Waals surface area contributed by atoms with Crippen molar-refractivity contribution in [2.75, 3.05) is 136 Å². The fraction of sp³-hybridized carbons (Fsp3) is 0.594. The van der Waals surface area contributed by atoms with Crippen LogP contribution in [0.3, 0.4) is 0 Å². The highest BCUT2D eigenvalue weighted by atomic mass is 16.6. The van der Waals surface area contributed by atoms with Crippen molar-refractivity contribution in [3.8, 4) is 11.3 Å². The van der Waals surface area contributed by atoms with E-state index in [2.05, 4.69) is 58.7 Å². The molecule has 726 valence electrons. The fourth-order valence-electron chi connectivity index (χ4n) is 19.0. The van der Waals surface area contributed by atoms with Gasteiger partial charge in [0.05, 0.1) is 63.1 Å². The van der Waals surface area contributed by atoms with Crippen molar-refractivity contribution in [1.29, 1.82) is 0 Å². The van der Waals surface area contributed by atoms with E-state index in [-0.39, 0.29) is 106 Å². The first-order valence-electron chi connectivity index (χ1n) is 47.0. The van der Waals surface area contributed by atoms with E-state index in [1.165, 1.54) is 32.0 Å². The van der Waals surface area contributed by atoms with E-state index in [1.54, 1.807) is 46.3 Å². The highest BCUT2D eigenvalue weighted by molar-refractivity contribution is 6.39. The summed E-state index contributed by atoms with van der Waals surface area (Å²) in [6.07, 6.45) is 12.1. The third-order valence-corrected chi connectivity index (χ3v) is 27.1. The number of oxazole rings is 1. The molecule has 7 aliphatic rings. The number of rotatable bonds is 24. The van der Waals surface area contributed by atoms with Crippen molar-refractivity contribution in [3.05, 3.63) is 125 Å². The van der Waals surface area contributed by atoms with E-state index in [0.29, 0.717) is 175 Å². The molecule has 10 heterocycles. The summed E-state index contributed by atoms with van der Waals surface area (Å²) in [4.78, 5) is 158. The normalized spacial score (nSPS) is 27.7. The number of ether oxygens (including phenoxy) is 7. The van der Waals surface area contributed by atoms with E-state index in [4.69, 9.17) is 59.9 Å². The summed E-state index contributed by atoms with van der Waals surface area (Å²) in [5.74, 6) is -8.85. The number of piperazine rings is 2. The summed E-state index contributed by atoms with van der Waals surface area (Å²) in [6, 6.07) is 9.72. The number of Topliss-reactive ketones (excluding diaryl/α,β-unsaturated/α-hetero) is 3. The molecular formula is C96H132N18O20. The number of nitrogens with two attached hydrogens (primary N) is 3. The van der Waals surface area contributed by atoms with Crippen molar-refractivity contribution in [1.82, 2.24) is 69.8 Å². The Morgan fingerprint density at radius 2 is 1.49 bits per heavy atom. The molecule has 5 fully saturated rings. The van der Waals surface area contributed by atoms with Gasteiger partial charge in [-0.3, -0.25) is 33.7 Å².